The van der Waals surface area contributed by atoms with Crippen molar-refractivity contribution >= 4 is 11.4 Å². The van der Waals surface area contributed by atoms with Gasteiger partial charge in [0.05, 0.1) is 22.8 Å². The summed E-state index contributed by atoms with van der Waals surface area (Å²) >= 11 is 0. The molecule has 0 spiro atoms. The van der Waals surface area contributed by atoms with Crippen molar-refractivity contribution in [1.29, 1.82) is 0 Å². The fraction of sp³-hybridized carbons (Fsp3) is 0.241. The molecule has 3 N–H and O–H groups in total. The normalized spacial score (nSPS) is 19.0. The van der Waals surface area contributed by atoms with Crippen LogP contribution < -0.4 is 59.7 Å². The fourth-order valence-electron chi connectivity index (χ4n) is 5.43. The third kappa shape index (κ3) is 6.65. The quantitative estimate of drug-likeness (QED) is 0.370. The third-order valence-corrected chi connectivity index (χ3v) is 6.55. The number of allylic oxidation sites excluding steroid dienone is 2. The minimum Gasteiger partial charge on any atom is -1.00 e. The summed E-state index contributed by atoms with van der Waals surface area (Å²) in [5.74, 6) is 2.10. The zero-order chi connectivity index (χ0) is 24.0. The number of rotatable bonds is 2. The molecule has 5 rings (SSSR count). The number of anilines is 2. The van der Waals surface area contributed by atoms with E-state index in [0.717, 1.165) is 29.5 Å². The van der Waals surface area contributed by atoms with Gasteiger partial charge in [0.1, 0.15) is 11.6 Å². The van der Waals surface area contributed by atoms with Gasteiger partial charge in [-0.2, -0.15) is 0 Å². The van der Waals surface area contributed by atoms with Crippen LogP contribution in [0.15, 0.2) is 84.3 Å². The van der Waals surface area contributed by atoms with Gasteiger partial charge in [0.2, 0.25) is 0 Å². The van der Waals surface area contributed by atoms with Crippen LogP contribution in [-0.4, -0.2) is 0 Å². The Morgan fingerprint density at radius 1 is 0.632 bits per heavy atom. The Morgan fingerprint density at radius 3 is 1.53 bits per heavy atom. The van der Waals surface area contributed by atoms with E-state index in [1.54, 1.807) is 0 Å². The predicted molar refractivity (Wildman–Crippen MR) is 142 cm³/mol. The predicted octanol–water partition coefficient (Wildman–Crippen LogP) is -0.110. The van der Waals surface area contributed by atoms with E-state index in [4.69, 9.17) is 0 Å². The first kappa shape index (κ1) is 34.6. The van der Waals surface area contributed by atoms with Crippen LogP contribution in [0.3, 0.4) is 0 Å². The molecule has 2 aromatic rings. The molecule has 0 saturated carbocycles. The number of nitrogens with zero attached hydrogens (tertiary/aromatic N) is 2. The van der Waals surface area contributed by atoms with Crippen LogP contribution in [-0.2, 0) is 44.8 Å². The summed E-state index contributed by atoms with van der Waals surface area (Å²) in [6.07, 6.45) is 13.4. The van der Waals surface area contributed by atoms with Crippen molar-refractivity contribution in [3.8, 4) is 0 Å². The van der Waals surface area contributed by atoms with Crippen LogP contribution >= 0.6 is 0 Å². The number of nitrogens with one attached hydrogen (secondary N) is 3. The number of hydrogen-bond acceptors (Lipinski definition) is 5. The Morgan fingerprint density at radius 2 is 1.05 bits per heavy atom. The van der Waals surface area contributed by atoms with Gasteiger partial charge in [0, 0.05) is 31.2 Å². The number of benzene rings is 2. The summed E-state index contributed by atoms with van der Waals surface area (Å²) < 4.78 is 0. The molecule has 0 aliphatic carbocycles. The van der Waals surface area contributed by atoms with E-state index in [9.17, 15) is 0 Å². The molecule has 9 heteroatoms. The molecule has 0 saturated heterocycles. The maximum absolute atomic E-state index is 3.72. The Labute approximate surface area is 279 Å². The largest absolute Gasteiger partial charge is 1.00 e. The summed E-state index contributed by atoms with van der Waals surface area (Å²) in [6.45, 7) is 13.0. The first-order chi connectivity index (χ1) is 16.3. The van der Waals surface area contributed by atoms with E-state index in [2.05, 4.69) is 116 Å². The SMILES string of the molecule is Cc1cc(C)c(N2C=CNC2=C2C=CCC(=C3NC=CN3c3c(C)cc(C)cc3C)N2)c(C)c1.[Ag+].[Ag+].[Br-].[Br-]. The van der Waals surface area contributed by atoms with Crippen LogP contribution in [0.5, 0.6) is 0 Å². The second-order valence-electron chi connectivity index (χ2n) is 9.48. The first-order valence-electron chi connectivity index (χ1n) is 11.8. The van der Waals surface area contributed by atoms with Crippen molar-refractivity contribution in [3.63, 3.8) is 0 Å². The number of hydrogen-bond donors (Lipinski definition) is 3. The van der Waals surface area contributed by atoms with Crippen molar-refractivity contribution in [1.82, 2.24) is 16.0 Å². The maximum atomic E-state index is 3.72. The van der Waals surface area contributed by atoms with E-state index < -0.39 is 0 Å². The van der Waals surface area contributed by atoms with Crippen LogP contribution in [0.25, 0.3) is 0 Å². The second-order valence-corrected chi connectivity index (χ2v) is 9.48. The van der Waals surface area contributed by atoms with Gasteiger partial charge in [-0.05, 0) is 69.9 Å². The van der Waals surface area contributed by atoms with Crippen LogP contribution in [0.4, 0.5) is 11.4 Å². The molecule has 5 nitrogen and oxygen atoms in total. The molecular weight excluding hydrogens is 794 g/mol. The third-order valence-electron chi connectivity index (χ3n) is 6.55. The first-order valence-corrected chi connectivity index (χ1v) is 11.8. The smallest absolute Gasteiger partial charge is 1.00 e. The summed E-state index contributed by atoms with van der Waals surface area (Å²) in [6, 6.07) is 8.98. The summed E-state index contributed by atoms with van der Waals surface area (Å²) in [5.41, 5.74) is 12.3. The van der Waals surface area contributed by atoms with Crippen molar-refractivity contribution in [2.24, 2.45) is 0 Å². The number of aryl methyl sites for hydroxylation is 6. The van der Waals surface area contributed by atoms with Gasteiger partial charge >= 0.3 is 44.8 Å². The van der Waals surface area contributed by atoms with Crippen molar-refractivity contribution in [2.75, 3.05) is 9.80 Å². The molecule has 38 heavy (non-hydrogen) atoms. The van der Waals surface area contributed by atoms with E-state index >= 15 is 0 Å². The Kier molecular flexibility index (Phi) is 13.0. The van der Waals surface area contributed by atoms with E-state index in [0.29, 0.717) is 0 Å². The zero-order valence-electron chi connectivity index (χ0n) is 22.2. The molecule has 2 aromatic carbocycles. The average Bonchev–Trinajstić information content (AvgIpc) is 3.43. The Balaban J connectivity index is 0.00000180. The molecule has 0 fully saturated rings. The molecule has 3 aliphatic rings. The van der Waals surface area contributed by atoms with Crippen LogP contribution in [0, 0.1) is 41.5 Å². The van der Waals surface area contributed by atoms with E-state index in [1.807, 2.05) is 12.4 Å². The summed E-state index contributed by atoms with van der Waals surface area (Å²) in [7, 11) is 0. The summed E-state index contributed by atoms with van der Waals surface area (Å²) in [4.78, 5) is 4.51. The fourth-order valence-corrected chi connectivity index (χ4v) is 5.43. The minimum atomic E-state index is 0. The molecule has 210 valence electrons. The molecule has 3 heterocycles. The monoisotopic (exact) mass is 823 g/mol. The topological polar surface area (TPSA) is 42.6 Å². The van der Waals surface area contributed by atoms with Gasteiger partial charge in [-0.15, -0.1) is 0 Å². The van der Waals surface area contributed by atoms with Gasteiger partial charge in [-0.3, -0.25) is 9.80 Å². The van der Waals surface area contributed by atoms with Gasteiger partial charge in [-0.25, -0.2) is 0 Å². The molecule has 0 unspecified atom stereocenters. The molecular formula is C29H33Ag2Br2N5. The zero-order valence-corrected chi connectivity index (χ0v) is 28.4. The van der Waals surface area contributed by atoms with Gasteiger partial charge in [0.25, 0.3) is 0 Å². The molecule has 0 amide bonds. The van der Waals surface area contributed by atoms with E-state index in [-0.39, 0.29) is 78.7 Å². The summed E-state index contributed by atoms with van der Waals surface area (Å²) in [5, 5.41) is 10.7. The van der Waals surface area contributed by atoms with E-state index in [1.165, 1.54) is 44.8 Å². The maximum Gasteiger partial charge on any atom is 1.00 e. The minimum absolute atomic E-state index is 0. The Bertz CT molecular complexity index is 1300. The standard InChI is InChI=1S/C29H33N5.2Ag.2BrH/c1-18-14-20(3)26(21(4)15-18)33-12-10-30-28(33)24-8-7-9-25(32-24)29-31-11-13-34(29)27-22(5)16-19(2)17-23(27)6;;;;/h7-8,10-17,30-32H,9H2,1-6H3;;;2*1H/q;2*+1;;/p-2. The van der Waals surface area contributed by atoms with Crippen molar-refractivity contribution in [3.05, 3.63) is 118 Å². The van der Waals surface area contributed by atoms with Crippen LogP contribution in [0.2, 0.25) is 0 Å². The molecule has 0 radical (unpaired) electrons. The van der Waals surface area contributed by atoms with Crippen LogP contribution in [0.1, 0.15) is 39.8 Å². The molecule has 0 bridgehead atoms. The van der Waals surface area contributed by atoms with Gasteiger partial charge in [-0.1, -0.05) is 41.5 Å². The van der Waals surface area contributed by atoms with Crippen molar-refractivity contribution < 1.29 is 78.7 Å². The van der Waals surface area contributed by atoms with Gasteiger partial charge < -0.3 is 49.9 Å². The Hall–Kier alpha value is -1.42. The molecule has 0 aromatic heterocycles. The van der Waals surface area contributed by atoms with Gasteiger partial charge in [0.15, 0.2) is 0 Å². The second kappa shape index (κ2) is 14.3. The molecule has 0 atom stereocenters. The number of halogens is 2. The molecule has 3 aliphatic heterocycles. The van der Waals surface area contributed by atoms with Crippen molar-refractivity contribution in [2.45, 2.75) is 48.0 Å². The average molecular weight is 827 g/mol.